The number of tetrazole rings is 1. The minimum atomic E-state index is -0.338. The van der Waals surface area contributed by atoms with Gasteiger partial charge in [0.1, 0.15) is 12.3 Å². The van der Waals surface area contributed by atoms with E-state index in [9.17, 15) is 4.79 Å². The topological polar surface area (TPSA) is 94.3 Å². The Morgan fingerprint density at radius 2 is 1.88 bits per heavy atom. The van der Waals surface area contributed by atoms with Gasteiger partial charge in [0, 0.05) is 5.56 Å². The molecule has 1 N–H and O–H groups in total. The fraction of sp³-hybridized carbons (Fsp3) is 0.167. The smallest absolute Gasteiger partial charge is 0.263 e. The summed E-state index contributed by atoms with van der Waals surface area (Å²) in [6.45, 7) is 1.74. The van der Waals surface area contributed by atoms with Crippen LogP contribution in [-0.4, -0.2) is 38.9 Å². The maximum absolute atomic E-state index is 12.0. The first-order valence-electron chi connectivity index (χ1n) is 7.96. The molecule has 0 spiro atoms. The molecule has 1 aromatic heterocycles. The first-order chi connectivity index (χ1) is 12.7. The third kappa shape index (κ3) is 4.29. The molecule has 0 saturated carbocycles. The van der Waals surface area contributed by atoms with Crippen LogP contribution in [0.25, 0.3) is 11.4 Å². The fourth-order valence-electron chi connectivity index (χ4n) is 2.22. The van der Waals surface area contributed by atoms with Crippen molar-refractivity contribution in [3.05, 3.63) is 60.2 Å². The van der Waals surface area contributed by atoms with Gasteiger partial charge < -0.3 is 4.74 Å². The van der Waals surface area contributed by atoms with Crippen LogP contribution in [0.15, 0.2) is 59.7 Å². The number of rotatable bonds is 6. The van der Waals surface area contributed by atoms with Crippen molar-refractivity contribution in [1.29, 1.82) is 0 Å². The van der Waals surface area contributed by atoms with E-state index in [1.165, 1.54) is 4.80 Å². The Kier molecular flexibility index (Phi) is 5.33. The molecule has 0 fully saturated rings. The number of nitrogens with zero attached hydrogens (tertiary/aromatic N) is 5. The molecule has 3 aromatic rings. The highest BCUT2D eigenvalue weighted by molar-refractivity contribution is 5.99. The van der Waals surface area contributed by atoms with Crippen LogP contribution in [0.4, 0.5) is 0 Å². The first kappa shape index (κ1) is 17.3. The highest BCUT2D eigenvalue weighted by Crippen LogP contribution is 2.12. The molecule has 0 aliphatic rings. The van der Waals surface area contributed by atoms with Gasteiger partial charge in [0.2, 0.25) is 5.82 Å². The van der Waals surface area contributed by atoms with Gasteiger partial charge in [-0.2, -0.15) is 9.90 Å². The summed E-state index contributed by atoms with van der Waals surface area (Å²) < 4.78 is 5.12. The molecule has 8 heteroatoms. The van der Waals surface area contributed by atoms with Gasteiger partial charge in [-0.25, -0.2) is 5.43 Å². The number of hydrogen-bond acceptors (Lipinski definition) is 6. The largest absolute Gasteiger partial charge is 0.497 e. The van der Waals surface area contributed by atoms with Gasteiger partial charge in [0.05, 0.1) is 12.8 Å². The van der Waals surface area contributed by atoms with Gasteiger partial charge in [0.15, 0.2) is 0 Å². The number of ether oxygens (including phenoxy) is 1. The highest BCUT2D eigenvalue weighted by atomic mass is 16.5. The predicted octanol–water partition coefficient (Wildman–Crippen LogP) is 1.89. The number of hydrazone groups is 1. The average Bonchev–Trinajstić information content (AvgIpc) is 3.15. The lowest BCUT2D eigenvalue weighted by atomic mass is 10.1. The van der Waals surface area contributed by atoms with Crippen molar-refractivity contribution in [2.45, 2.75) is 13.5 Å². The summed E-state index contributed by atoms with van der Waals surface area (Å²) in [5.74, 6) is 0.892. The van der Waals surface area contributed by atoms with E-state index in [0.29, 0.717) is 11.5 Å². The molecule has 0 atom stereocenters. The third-order valence-corrected chi connectivity index (χ3v) is 3.63. The van der Waals surface area contributed by atoms with Crippen molar-refractivity contribution < 1.29 is 9.53 Å². The second kappa shape index (κ2) is 8.02. The van der Waals surface area contributed by atoms with E-state index in [-0.39, 0.29) is 12.5 Å². The van der Waals surface area contributed by atoms with Crippen molar-refractivity contribution in [3.8, 4) is 17.1 Å². The van der Waals surface area contributed by atoms with Crippen LogP contribution < -0.4 is 10.2 Å². The Bertz CT molecular complexity index is 903. The van der Waals surface area contributed by atoms with Gasteiger partial charge in [0.25, 0.3) is 5.91 Å². The van der Waals surface area contributed by atoms with Crippen LogP contribution in [-0.2, 0) is 11.3 Å². The van der Waals surface area contributed by atoms with Crippen LogP contribution in [0.1, 0.15) is 12.5 Å². The van der Waals surface area contributed by atoms with E-state index in [0.717, 1.165) is 16.9 Å². The van der Waals surface area contributed by atoms with Crippen LogP contribution >= 0.6 is 0 Å². The zero-order valence-corrected chi connectivity index (χ0v) is 14.5. The highest BCUT2D eigenvalue weighted by Gasteiger charge is 2.09. The second-order valence-electron chi connectivity index (χ2n) is 5.47. The summed E-state index contributed by atoms with van der Waals surface area (Å²) in [4.78, 5) is 13.3. The number of hydrogen-bond donors (Lipinski definition) is 1. The summed E-state index contributed by atoms with van der Waals surface area (Å²) in [5.41, 5.74) is 4.90. The molecule has 2 aromatic carbocycles. The van der Waals surface area contributed by atoms with Crippen LogP contribution in [0.3, 0.4) is 0 Å². The number of nitrogens with one attached hydrogen (secondary N) is 1. The van der Waals surface area contributed by atoms with Gasteiger partial charge in [-0.3, -0.25) is 4.79 Å². The minimum Gasteiger partial charge on any atom is -0.497 e. The summed E-state index contributed by atoms with van der Waals surface area (Å²) in [6.07, 6.45) is 0. The van der Waals surface area contributed by atoms with Gasteiger partial charge in [-0.15, -0.1) is 10.2 Å². The van der Waals surface area contributed by atoms with Crippen LogP contribution in [0.2, 0.25) is 0 Å². The van der Waals surface area contributed by atoms with E-state index in [1.54, 1.807) is 7.11 Å². The molecular weight excluding hydrogens is 332 g/mol. The van der Waals surface area contributed by atoms with Crippen molar-refractivity contribution in [2.24, 2.45) is 5.10 Å². The SMILES string of the molecule is COc1ccc(/C(C)=N/NC(=O)Cn2nnc(-c3ccccc3)n2)cc1. The average molecular weight is 350 g/mol. The summed E-state index contributed by atoms with van der Waals surface area (Å²) in [5, 5.41) is 16.1. The van der Waals surface area contributed by atoms with Gasteiger partial charge >= 0.3 is 0 Å². The number of aromatic nitrogens is 4. The van der Waals surface area contributed by atoms with Crippen molar-refractivity contribution in [3.63, 3.8) is 0 Å². The monoisotopic (exact) mass is 350 g/mol. The van der Waals surface area contributed by atoms with Crippen molar-refractivity contribution >= 4 is 11.6 Å². The van der Waals surface area contributed by atoms with Crippen LogP contribution in [0, 0.1) is 0 Å². The normalized spacial score (nSPS) is 11.2. The number of carbonyl (C=O) groups excluding carboxylic acids is 1. The Balaban J connectivity index is 1.59. The molecule has 0 bridgehead atoms. The van der Waals surface area contributed by atoms with Crippen molar-refractivity contribution in [2.75, 3.05) is 7.11 Å². The third-order valence-electron chi connectivity index (χ3n) is 3.63. The van der Waals surface area contributed by atoms with Gasteiger partial charge in [-0.05, 0) is 42.0 Å². The first-order valence-corrected chi connectivity index (χ1v) is 7.96. The lowest BCUT2D eigenvalue weighted by molar-refractivity contribution is -0.122. The predicted molar refractivity (Wildman–Crippen MR) is 96.6 cm³/mol. The molecule has 0 aliphatic carbocycles. The standard InChI is InChI=1S/C18H18N6O2/c1-13(14-8-10-16(26-2)11-9-14)19-20-17(25)12-24-22-18(21-23-24)15-6-4-3-5-7-15/h3-11H,12H2,1-2H3,(H,20,25)/b19-13+. The summed E-state index contributed by atoms with van der Waals surface area (Å²) >= 11 is 0. The van der Waals surface area contributed by atoms with E-state index >= 15 is 0 Å². The number of benzene rings is 2. The van der Waals surface area contributed by atoms with Gasteiger partial charge in [-0.1, -0.05) is 30.3 Å². The molecule has 0 saturated heterocycles. The maximum Gasteiger partial charge on any atom is 0.263 e. The van der Waals surface area contributed by atoms with Crippen LogP contribution in [0.5, 0.6) is 5.75 Å². The Morgan fingerprint density at radius 3 is 2.58 bits per heavy atom. The second-order valence-corrected chi connectivity index (χ2v) is 5.47. The molecular formula is C18H18N6O2. The molecule has 1 heterocycles. The molecule has 0 aliphatic heterocycles. The molecule has 0 radical (unpaired) electrons. The van der Waals surface area contributed by atoms with E-state index < -0.39 is 0 Å². The fourth-order valence-corrected chi connectivity index (χ4v) is 2.22. The Labute approximate surface area is 150 Å². The molecule has 26 heavy (non-hydrogen) atoms. The van der Waals surface area contributed by atoms with E-state index in [4.69, 9.17) is 4.74 Å². The lowest BCUT2D eigenvalue weighted by Gasteiger charge is -2.04. The molecule has 132 valence electrons. The zero-order valence-electron chi connectivity index (χ0n) is 14.5. The molecule has 8 nitrogen and oxygen atoms in total. The molecule has 1 amide bonds. The molecule has 0 unspecified atom stereocenters. The number of amides is 1. The number of methoxy groups -OCH3 is 1. The van der Waals surface area contributed by atoms with E-state index in [1.807, 2.05) is 61.5 Å². The Hall–Kier alpha value is -3.55. The molecule has 3 rings (SSSR count). The number of carbonyl (C=O) groups is 1. The van der Waals surface area contributed by atoms with E-state index in [2.05, 4.69) is 25.9 Å². The lowest BCUT2D eigenvalue weighted by Crippen LogP contribution is -2.25. The van der Waals surface area contributed by atoms with Crippen molar-refractivity contribution in [1.82, 2.24) is 25.6 Å². The summed E-state index contributed by atoms with van der Waals surface area (Å²) in [7, 11) is 1.61. The zero-order chi connectivity index (χ0) is 18.4. The minimum absolute atomic E-state index is 0.0702. The quantitative estimate of drug-likeness (QED) is 0.541. The summed E-state index contributed by atoms with van der Waals surface area (Å²) in [6, 6.07) is 16.8. The maximum atomic E-state index is 12.0. The Morgan fingerprint density at radius 1 is 1.15 bits per heavy atom.